The number of amides is 1. The van der Waals surface area contributed by atoms with Crippen LogP contribution in [0.2, 0.25) is 25.2 Å². The predicted octanol–water partition coefficient (Wildman–Crippen LogP) is 4.84. The van der Waals surface area contributed by atoms with Gasteiger partial charge in [-0.25, -0.2) is 0 Å². The van der Waals surface area contributed by atoms with Crippen LogP contribution in [0, 0.1) is 6.92 Å². The lowest BCUT2D eigenvalue weighted by Gasteiger charge is -2.33. The monoisotopic (exact) mass is 378 g/mol. The number of aromatic amines is 1. The van der Waals surface area contributed by atoms with E-state index in [-0.39, 0.29) is 5.91 Å². The molecule has 0 atom stereocenters. The number of carbonyl (C=O) groups excluding carboxylic acids is 1. The van der Waals surface area contributed by atoms with Crippen LogP contribution in [0.5, 0.6) is 0 Å². The van der Waals surface area contributed by atoms with Crippen molar-refractivity contribution in [1.82, 2.24) is 10.3 Å². The quantitative estimate of drug-likeness (QED) is 0.721. The van der Waals surface area contributed by atoms with Crippen LogP contribution in [-0.4, -0.2) is 25.0 Å². The van der Waals surface area contributed by atoms with E-state index < -0.39 is 8.07 Å². The highest BCUT2D eigenvalue weighted by Crippen LogP contribution is 2.29. The van der Waals surface area contributed by atoms with E-state index in [1.807, 2.05) is 12.1 Å². The van der Waals surface area contributed by atoms with Crippen LogP contribution in [0.25, 0.3) is 10.9 Å². The topological polar surface area (TPSA) is 44.9 Å². The van der Waals surface area contributed by atoms with Crippen molar-refractivity contribution in [3.8, 4) is 0 Å². The fourth-order valence-corrected chi connectivity index (χ4v) is 6.39. The van der Waals surface area contributed by atoms with Gasteiger partial charge in [0.25, 0.3) is 5.91 Å². The molecule has 2 N–H and O–H groups in total. The third-order valence-corrected chi connectivity index (χ3v) is 8.57. The number of halogens is 1. The molecule has 2 aromatic rings. The zero-order valence-corrected chi connectivity index (χ0v) is 16.0. The van der Waals surface area contributed by atoms with Crippen LogP contribution < -0.4 is 5.32 Å². The Morgan fingerprint density at radius 2 is 1.95 bits per heavy atom. The molecule has 0 unspecified atom stereocenters. The number of hydrogen-bond donors (Lipinski definition) is 2. The van der Waals surface area contributed by atoms with Crippen LogP contribution in [0.4, 0.5) is 0 Å². The number of carbonyl (C=O) groups is 1. The number of rotatable bonds is 2. The number of H-pyrrole nitrogens is 1. The second-order valence-electron chi connectivity index (χ2n) is 7.28. The fourth-order valence-electron chi connectivity index (χ4n) is 3.30. The summed E-state index contributed by atoms with van der Waals surface area (Å²) in [5.41, 5.74) is 2.84. The summed E-state index contributed by atoms with van der Waals surface area (Å²) in [6, 6.07) is 9.04. The summed E-state index contributed by atoms with van der Waals surface area (Å²) in [7, 11) is -0.967. The molecule has 2 heterocycles. The molecule has 3 rings (SSSR count). The molecule has 1 aromatic heterocycles. The first-order chi connectivity index (χ1) is 10.3. The molecule has 1 aromatic carbocycles. The Morgan fingerprint density at radius 1 is 1.27 bits per heavy atom. The first-order valence-corrected chi connectivity index (χ1v) is 12.1. The zero-order chi connectivity index (χ0) is 15.9. The highest BCUT2D eigenvalue weighted by molar-refractivity contribution is 9.10. The molecule has 0 aliphatic carbocycles. The molecule has 1 saturated heterocycles. The highest BCUT2D eigenvalue weighted by atomic mass is 79.9. The SMILES string of the molecule is Cc1cc(Br)cc2[nH]c(C(=O)NC3CC[Si](C)(C)CC3)cc12. The van der Waals surface area contributed by atoms with Crippen LogP contribution >= 0.6 is 15.9 Å². The molecule has 3 nitrogen and oxygen atoms in total. The molecule has 22 heavy (non-hydrogen) atoms. The van der Waals surface area contributed by atoms with Crippen LogP contribution in [0.1, 0.15) is 28.9 Å². The van der Waals surface area contributed by atoms with Gasteiger partial charge < -0.3 is 10.3 Å². The van der Waals surface area contributed by atoms with Crippen LogP contribution in [0.15, 0.2) is 22.7 Å². The predicted molar refractivity (Wildman–Crippen MR) is 98.3 cm³/mol. The number of hydrogen-bond acceptors (Lipinski definition) is 1. The van der Waals surface area contributed by atoms with Gasteiger partial charge in [-0.15, -0.1) is 0 Å². The minimum absolute atomic E-state index is 0.0260. The smallest absolute Gasteiger partial charge is 0.267 e. The molecule has 1 aliphatic rings. The van der Waals surface area contributed by atoms with Crippen LogP contribution in [0.3, 0.4) is 0 Å². The molecule has 0 radical (unpaired) electrons. The first kappa shape index (κ1) is 15.8. The van der Waals surface area contributed by atoms with E-state index in [1.54, 1.807) is 0 Å². The van der Waals surface area contributed by atoms with E-state index in [1.165, 1.54) is 17.7 Å². The summed E-state index contributed by atoms with van der Waals surface area (Å²) >= 11 is 3.50. The van der Waals surface area contributed by atoms with Crippen molar-refractivity contribution in [3.05, 3.63) is 33.9 Å². The molecule has 1 aliphatic heterocycles. The number of aryl methyl sites for hydroxylation is 1. The second kappa shape index (κ2) is 5.85. The molecular weight excluding hydrogens is 356 g/mol. The minimum atomic E-state index is -0.967. The van der Waals surface area contributed by atoms with E-state index >= 15 is 0 Å². The van der Waals surface area contributed by atoms with Crippen molar-refractivity contribution < 1.29 is 4.79 Å². The third kappa shape index (κ3) is 3.30. The van der Waals surface area contributed by atoms with Crippen molar-refractivity contribution >= 4 is 40.8 Å². The van der Waals surface area contributed by atoms with Crippen molar-refractivity contribution in [2.24, 2.45) is 0 Å². The Kier molecular flexibility index (Phi) is 4.20. The van der Waals surface area contributed by atoms with E-state index in [2.05, 4.69) is 52.3 Å². The van der Waals surface area contributed by atoms with Gasteiger partial charge in [-0.1, -0.05) is 41.1 Å². The van der Waals surface area contributed by atoms with Gasteiger partial charge in [0.1, 0.15) is 5.69 Å². The Balaban J connectivity index is 1.74. The van der Waals surface area contributed by atoms with E-state index in [0.29, 0.717) is 11.7 Å². The van der Waals surface area contributed by atoms with Crippen LogP contribution in [-0.2, 0) is 0 Å². The molecular formula is C17H23BrN2OSi. The molecule has 0 bridgehead atoms. The van der Waals surface area contributed by atoms with Gasteiger partial charge in [0, 0.05) is 29.5 Å². The molecule has 0 spiro atoms. The largest absolute Gasteiger partial charge is 0.350 e. The molecule has 1 amide bonds. The molecule has 1 fully saturated rings. The Labute approximate surface area is 141 Å². The summed E-state index contributed by atoms with van der Waals surface area (Å²) in [6.07, 6.45) is 2.27. The number of benzene rings is 1. The Morgan fingerprint density at radius 3 is 2.64 bits per heavy atom. The number of nitrogens with one attached hydrogen (secondary N) is 2. The first-order valence-electron chi connectivity index (χ1n) is 7.94. The van der Waals surface area contributed by atoms with Gasteiger partial charge >= 0.3 is 0 Å². The maximum absolute atomic E-state index is 12.5. The van der Waals surface area contributed by atoms with Gasteiger partial charge in [0.05, 0.1) is 0 Å². The van der Waals surface area contributed by atoms with Gasteiger partial charge in [0.15, 0.2) is 0 Å². The lowest BCUT2D eigenvalue weighted by molar-refractivity contribution is 0.0929. The lowest BCUT2D eigenvalue weighted by Crippen LogP contribution is -2.42. The van der Waals surface area contributed by atoms with Gasteiger partial charge in [-0.05, 0) is 43.5 Å². The zero-order valence-electron chi connectivity index (χ0n) is 13.4. The van der Waals surface area contributed by atoms with E-state index in [4.69, 9.17) is 0 Å². The third-order valence-electron chi connectivity index (χ3n) is 4.83. The number of fused-ring (bicyclic) bond motifs is 1. The number of aromatic nitrogens is 1. The fraction of sp³-hybridized carbons (Fsp3) is 0.471. The Bertz CT molecular complexity index is 713. The summed E-state index contributed by atoms with van der Waals surface area (Å²) in [5.74, 6) is 0.0260. The van der Waals surface area contributed by atoms with E-state index in [0.717, 1.165) is 28.2 Å². The maximum atomic E-state index is 12.5. The Hall–Kier alpha value is -1.07. The highest BCUT2D eigenvalue weighted by Gasteiger charge is 2.29. The normalized spacial score (nSPS) is 18.5. The van der Waals surface area contributed by atoms with Gasteiger partial charge in [-0.2, -0.15) is 0 Å². The lowest BCUT2D eigenvalue weighted by atomic mass is 10.1. The average Bonchev–Trinajstić information content (AvgIpc) is 2.85. The summed E-state index contributed by atoms with van der Waals surface area (Å²) in [5, 5.41) is 4.32. The summed E-state index contributed by atoms with van der Waals surface area (Å²) in [4.78, 5) is 15.7. The van der Waals surface area contributed by atoms with Crippen molar-refractivity contribution in [2.75, 3.05) is 0 Å². The maximum Gasteiger partial charge on any atom is 0.267 e. The van der Waals surface area contributed by atoms with Gasteiger partial charge in [0.2, 0.25) is 0 Å². The molecule has 118 valence electrons. The van der Waals surface area contributed by atoms with E-state index in [9.17, 15) is 4.79 Å². The summed E-state index contributed by atoms with van der Waals surface area (Å²) in [6.45, 7) is 6.96. The van der Waals surface area contributed by atoms with Crippen molar-refractivity contribution in [1.29, 1.82) is 0 Å². The standard InChI is InChI=1S/C17H23BrN2OSi/c1-11-8-12(18)9-15-14(11)10-16(20-15)17(21)19-13-4-6-22(2,3)7-5-13/h8-10,13,20H,4-7H2,1-3H3,(H,19,21). The van der Waals surface area contributed by atoms with Crippen molar-refractivity contribution in [3.63, 3.8) is 0 Å². The molecule has 0 saturated carbocycles. The van der Waals surface area contributed by atoms with Crippen molar-refractivity contribution in [2.45, 2.75) is 51.0 Å². The second-order valence-corrected chi connectivity index (χ2v) is 13.5. The minimum Gasteiger partial charge on any atom is -0.350 e. The van der Waals surface area contributed by atoms with Gasteiger partial charge in [-0.3, -0.25) is 4.79 Å². The average molecular weight is 379 g/mol. The molecule has 5 heteroatoms. The summed E-state index contributed by atoms with van der Waals surface area (Å²) < 4.78 is 1.03.